The summed E-state index contributed by atoms with van der Waals surface area (Å²) in [7, 11) is 0. The smallest absolute Gasteiger partial charge is 0.413 e. The van der Waals surface area contributed by atoms with Gasteiger partial charge < -0.3 is 9.84 Å². The van der Waals surface area contributed by atoms with Gasteiger partial charge in [-0.1, -0.05) is 74.5 Å². The van der Waals surface area contributed by atoms with Crippen molar-refractivity contribution in [3.05, 3.63) is 71.8 Å². The van der Waals surface area contributed by atoms with E-state index in [4.69, 9.17) is 4.74 Å². The summed E-state index contributed by atoms with van der Waals surface area (Å²) in [5.41, 5.74) is -0.585. The molecule has 3 rings (SSSR count). The van der Waals surface area contributed by atoms with Gasteiger partial charge in [0.15, 0.2) is 11.3 Å². The minimum absolute atomic E-state index is 0.261. The second-order valence-corrected chi connectivity index (χ2v) is 8.12. The first-order chi connectivity index (χ1) is 12.2. The van der Waals surface area contributed by atoms with Gasteiger partial charge in [-0.3, -0.25) is 4.90 Å². The molecule has 1 saturated heterocycles. The van der Waals surface area contributed by atoms with Crippen LogP contribution in [-0.2, 0) is 16.7 Å². The number of cyclic esters (lactones) is 1. The Morgan fingerprint density at radius 2 is 1.54 bits per heavy atom. The highest BCUT2D eigenvalue weighted by Gasteiger charge is 2.60. The van der Waals surface area contributed by atoms with E-state index in [0.717, 1.165) is 11.1 Å². The van der Waals surface area contributed by atoms with Crippen molar-refractivity contribution in [2.45, 2.75) is 57.4 Å². The fraction of sp³-hybridized carbons (Fsp3) is 0.409. The van der Waals surface area contributed by atoms with Crippen LogP contribution in [0.15, 0.2) is 60.7 Å². The Bertz CT molecular complexity index is 770. The van der Waals surface area contributed by atoms with Gasteiger partial charge in [-0.25, -0.2) is 4.79 Å². The van der Waals surface area contributed by atoms with Gasteiger partial charge >= 0.3 is 6.09 Å². The van der Waals surface area contributed by atoms with Crippen molar-refractivity contribution < 1.29 is 14.6 Å². The molecule has 4 nitrogen and oxygen atoms in total. The molecule has 1 N–H and O–H groups in total. The highest BCUT2D eigenvalue weighted by atomic mass is 16.6. The number of rotatable bonds is 5. The number of nitrogens with zero attached hydrogens (tertiary/aromatic N) is 1. The largest absolute Gasteiger partial charge is 0.438 e. The SMILES string of the molecule is CC(C)(C[C@@]1(C)OC(=O)N(Cc2ccccc2)[C@]1(C)O)c1ccccc1. The lowest BCUT2D eigenvalue weighted by atomic mass is 9.72. The summed E-state index contributed by atoms with van der Waals surface area (Å²) in [6, 6.07) is 19.8. The van der Waals surface area contributed by atoms with E-state index in [9.17, 15) is 9.90 Å². The van der Waals surface area contributed by atoms with E-state index < -0.39 is 17.4 Å². The first-order valence-corrected chi connectivity index (χ1v) is 8.98. The van der Waals surface area contributed by atoms with Crippen LogP contribution < -0.4 is 0 Å². The fourth-order valence-corrected chi connectivity index (χ4v) is 3.83. The average Bonchev–Trinajstić information content (AvgIpc) is 2.75. The second kappa shape index (κ2) is 6.44. The highest BCUT2D eigenvalue weighted by molar-refractivity contribution is 5.72. The predicted molar refractivity (Wildman–Crippen MR) is 102 cm³/mol. The van der Waals surface area contributed by atoms with Crippen molar-refractivity contribution >= 4 is 6.09 Å². The number of carbonyl (C=O) groups is 1. The monoisotopic (exact) mass is 353 g/mol. The molecule has 1 aliphatic heterocycles. The number of carbonyl (C=O) groups excluding carboxylic acids is 1. The van der Waals surface area contributed by atoms with Crippen molar-refractivity contribution in [1.29, 1.82) is 0 Å². The van der Waals surface area contributed by atoms with E-state index in [-0.39, 0.29) is 5.41 Å². The van der Waals surface area contributed by atoms with Crippen LogP contribution in [0.5, 0.6) is 0 Å². The van der Waals surface area contributed by atoms with Gasteiger partial charge in [0.2, 0.25) is 0 Å². The lowest BCUT2D eigenvalue weighted by molar-refractivity contribution is -0.147. The molecule has 1 fully saturated rings. The molecule has 0 aromatic heterocycles. The zero-order valence-electron chi connectivity index (χ0n) is 15.9. The molecule has 0 aliphatic carbocycles. The molecule has 1 amide bonds. The van der Waals surface area contributed by atoms with Crippen LogP contribution >= 0.6 is 0 Å². The molecule has 0 radical (unpaired) electrons. The quantitative estimate of drug-likeness (QED) is 0.862. The Balaban J connectivity index is 1.86. The minimum atomic E-state index is -1.41. The van der Waals surface area contributed by atoms with Gasteiger partial charge in [0.1, 0.15) is 0 Å². The normalized spacial score (nSPS) is 26.0. The molecular weight excluding hydrogens is 326 g/mol. The number of amides is 1. The van der Waals surface area contributed by atoms with Crippen LogP contribution in [0.2, 0.25) is 0 Å². The van der Waals surface area contributed by atoms with E-state index in [2.05, 4.69) is 26.0 Å². The number of ether oxygens (including phenoxy) is 1. The molecule has 26 heavy (non-hydrogen) atoms. The fourth-order valence-electron chi connectivity index (χ4n) is 3.83. The Labute approximate surface area is 155 Å². The summed E-state index contributed by atoms with van der Waals surface area (Å²) < 4.78 is 5.74. The van der Waals surface area contributed by atoms with E-state index >= 15 is 0 Å². The van der Waals surface area contributed by atoms with Gasteiger partial charge in [0, 0.05) is 6.42 Å². The zero-order chi connectivity index (χ0) is 19.0. The molecule has 0 saturated carbocycles. The Morgan fingerprint density at radius 3 is 2.12 bits per heavy atom. The molecule has 0 unspecified atom stereocenters. The standard InChI is InChI=1S/C22H27NO3/c1-20(2,18-13-9-6-10-14-18)16-21(3)22(4,25)23(19(24)26-21)15-17-11-7-5-8-12-17/h5-14,25H,15-16H2,1-4H3/t21-,22-/m1/s1. The number of hydrogen-bond donors (Lipinski definition) is 1. The molecule has 2 aromatic carbocycles. The van der Waals surface area contributed by atoms with Gasteiger partial charge in [-0.15, -0.1) is 0 Å². The van der Waals surface area contributed by atoms with Crippen LogP contribution in [0, 0.1) is 0 Å². The number of hydrogen-bond acceptors (Lipinski definition) is 3. The van der Waals surface area contributed by atoms with Crippen molar-refractivity contribution in [2.24, 2.45) is 0 Å². The topological polar surface area (TPSA) is 49.8 Å². The first-order valence-electron chi connectivity index (χ1n) is 8.98. The van der Waals surface area contributed by atoms with E-state index in [1.165, 1.54) is 4.90 Å². The van der Waals surface area contributed by atoms with Gasteiger partial charge in [0.05, 0.1) is 6.54 Å². The first kappa shape index (κ1) is 18.5. The predicted octanol–water partition coefficient (Wildman–Crippen LogP) is 4.47. The lowest BCUT2D eigenvalue weighted by Gasteiger charge is -2.42. The van der Waals surface area contributed by atoms with Gasteiger partial charge in [-0.05, 0) is 30.4 Å². The van der Waals surface area contributed by atoms with Crippen LogP contribution in [0.1, 0.15) is 45.2 Å². The van der Waals surface area contributed by atoms with Crippen molar-refractivity contribution in [3.8, 4) is 0 Å². The van der Waals surface area contributed by atoms with Crippen LogP contribution in [0.4, 0.5) is 4.79 Å². The summed E-state index contributed by atoms with van der Waals surface area (Å²) >= 11 is 0. The molecule has 1 aliphatic rings. The van der Waals surface area contributed by atoms with E-state index in [1.54, 1.807) is 6.92 Å². The molecule has 2 atom stereocenters. The molecule has 0 spiro atoms. The molecule has 1 heterocycles. The Morgan fingerprint density at radius 1 is 1.00 bits per heavy atom. The van der Waals surface area contributed by atoms with E-state index in [1.807, 2.05) is 55.5 Å². The number of benzene rings is 2. The zero-order valence-corrected chi connectivity index (χ0v) is 15.9. The molecule has 4 heteroatoms. The molecule has 2 aromatic rings. The Kier molecular flexibility index (Phi) is 4.57. The van der Waals surface area contributed by atoms with Crippen LogP contribution in [-0.4, -0.2) is 27.4 Å². The second-order valence-electron chi connectivity index (χ2n) is 8.12. The van der Waals surface area contributed by atoms with Gasteiger partial charge in [-0.2, -0.15) is 0 Å². The third-order valence-corrected chi connectivity index (χ3v) is 5.58. The summed E-state index contributed by atoms with van der Waals surface area (Å²) in [6.45, 7) is 8.02. The Hall–Kier alpha value is -2.33. The van der Waals surface area contributed by atoms with Crippen LogP contribution in [0.3, 0.4) is 0 Å². The third-order valence-electron chi connectivity index (χ3n) is 5.58. The van der Waals surface area contributed by atoms with E-state index in [0.29, 0.717) is 13.0 Å². The third kappa shape index (κ3) is 3.21. The maximum absolute atomic E-state index is 12.6. The summed E-state index contributed by atoms with van der Waals surface area (Å²) in [5, 5.41) is 11.3. The maximum Gasteiger partial charge on any atom is 0.413 e. The van der Waals surface area contributed by atoms with Crippen LogP contribution in [0.25, 0.3) is 0 Å². The maximum atomic E-state index is 12.6. The minimum Gasteiger partial charge on any atom is -0.438 e. The average molecular weight is 353 g/mol. The van der Waals surface area contributed by atoms with Crippen molar-refractivity contribution in [3.63, 3.8) is 0 Å². The van der Waals surface area contributed by atoms with Crippen molar-refractivity contribution in [2.75, 3.05) is 0 Å². The number of aliphatic hydroxyl groups is 1. The summed E-state index contributed by atoms with van der Waals surface area (Å²) in [4.78, 5) is 14.0. The summed E-state index contributed by atoms with van der Waals surface area (Å²) in [5.74, 6) is 0. The molecule has 138 valence electrons. The lowest BCUT2D eigenvalue weighted by Crippen LogP contribution is -2.56. The van der Waals surface area contributed by atoms with Gasteiger partial charge in [0.25, 0.3) is 0 Å². The molecular formula is C22H27NO3. The highest BCUT2D eigenvalue weighted by Crippen LogP contribution is 2.45. The summed E-state index contributed by atoms with van der Waals surface area (Å²) in [6.07, 6.45) is 0.0267. The molecule has 0 bridgehead atoms. The van der Waals surface area contributed by atoms with Crippen molar-refractivity contribution in [1.82, 2.24) is 4.90 Å².